The zero-order valence-electron chi connectivity index (χ0n) is 19.3. The lowest BCUT2D eigenvalue weighted by Crippen LogP contribution is -2.54. The van der Waals surface area contributed by atoms with Crippen LogP contribution < -0.4 is 27.2 Å². The Hall–Kier alpha value is -4.05. The van der Waals surface area contributed by atoms with Gasteiger partial charge in [0.25, 0.3) is 11.8 Å². The molecule has 35 heavy (non-hydrogen) atoms. The number of carbonyl (C=O) groups excluding carboxylic acids is 3. The molecule has 182 valence electrons. The second kappa shape index (κ2) is 12.4. The van der Waals surface area contributed by atoms with Gasteiger partial charge in [-0.25, -0.2) is 5.48 Å². The van der Waals surface area contributed by atoms with Crippen molar-refractivity contribution in [3.8, 4) is 11.1 Å². The second-order valence-corrected chi connectivity index (χ2v) is 8.08. The molecular weight excluding hydrogens is 446 g/mol. The van der Waals surface area contributed by atoms with E-state index in [4.69, 9.17) is 10.9 Å². The van der Waals surface area contributed by atoms with Crippen molar-refractivity contribution in [3.63, 3.8) is 0 Å². The highest BCUT2D eigenvalue weighted by molar-refractivity contribution is 5.98. The third-order valence-electron chi connectivity index (χ3n) is 5.31. The summed E-state index contributed by atoms with van der Waals surface area (Å²) in [6.07, 6.45) is 0. The Bertz CT molecular complexity index is 1130. The number of anilines is 1. The molecule has 9 nitrogen and oxygen atoms in total. The minimum atomic E-state index is -1.07. The third-order valence-corrected chi connectivity index (χ3v) is 5.31. The maximum atomic E-state index is 12.5. The van der Waals surface area contributed by atoms with Crippen molar-refractivity contribution < 1.29 is 19.6 Å². The highest BCUT2D eigenvalue weighted by Gasteiger charge is 2.24. The predicted molar refractivity (Wildman–Crippen MR) is 133 cm³/mol. The lowest BCUT2D eigenvalue weighted by molar-refractivity contribution is -0.131. The number of hydroxylamine groups is 1. The Morgan fingerprint density at radius 2 is 1.49 bits per heavy atom. The van der Waals surface area contributed by atoms with Gasteiger partial charge < -0.3 is 21.7 Å². The number of amides is 3. The average molecular weight is 476 g/mol. The van der Waals surface area contributed by atoms with E-state index >= 15 is 0 Å². The lowest BCUT2D eigenvalue weighted by atomic mass is 10.0. The largest absolute Gasteiger partial charge is 0.339 e. The van der Waals surface area contributed by atoms with Crippen LogP contribution in [0.3, 0.4) is 0 Å². The molecule has 0 heterocycles. The predicted octanol–water partition coefficient (Wildman–Crippen LogP) is 2.03. The van der Waals surface area contributed by atoms with Gasteiger partial charge >= 0.3 is 0 Å². The highest BCUT2D eigenvalue weighted by Crippen LogP contribution is 2.22. The Labute approximate surface area is 203 Å². The molecule has 7 N–H and O–H groups in total. The highest BCUT2D eigenvalue weighted by atomic mass is 16.5. The molecule has 0 saturated carbocycles. The number of nitrogens with one attached hydrogen (secondary N) is 4. The number of hydrogen-bond donors (Lipinski definition) is 6. The quantitative estimate of drug-likeness (QED) is 0.195. The van der Waals surface area contributed by atoms with E-state index < -0.39 is 23.9 Å². The number of carbonyl (C=O) groups is 3. The van der Waals surface area contributed by atoms with E-state index in [2.05, 4.69) is 16.0 Å². The van der Waals surface area contributed by atoms with Crippen LogP contribution in [0.1, 0.15) is 22.8 Å². The van der Waals surface area contributed by atoms with E-state index in [1.165, 1.54) is 5.48 Å². The fraction of sp³-hybridized carbons (Fsp3) is 0.192. The Morgan fingerprint density at radius 1 is 0.886 bits per heavy atom. The van der Waals surface area contributed by atoms with Gasteiger partial charge in [-0.1, -0.05) is 54.6 Å². The molecule has 0 spiro atoms. The standard InChI is InChI=1S/C26H29N5O4/c1-17(27)24(26(34)31-35)30-25(33)21-9-7-19(8-10-21)20-11-13-22(14-12-20)29-23(32)16-28-15-18-5-3-2-4-6-18/h2-14,17,24,28,35H,15-16,27H2,1H3,(H,29,32)(H,30,33)(H,31,34)/t17-,24+/m1/s1. The summed E-state index contributed by atoms with van der Waals surface area (Å²) < 4.78 is 0. The summed E-state index contributed by atoms with van der Waals surface area (Å²) in [5, 5.41) is 17.3. The number of benzene rings is 3. The van der Waals surface area contributed by atoms with Gasteiger partial charge in [0.1, 0.15) is 6.04 Å². The second-order valence-electron chi connectivity index (χ2n) is 8.08. The summed E-state index contributed by atoms with van der Waals surface area (Å²) in [5.41, 5.74) is 11.1. The minimum absolute atomic E-state index is 0.135. The van der Waals surface area contributed by atoms with Gasteiger partial charge in [-0.3, -0.25) is 19.6 Å². The number of nitrogens with two attached hydrogens (primary N) is 1. The van der Waals surface area contributed by atoms with E-state index in [0.29, 0.717) is 17.8 Å². The third kappa shape index (κ3) is 7.47. The Morgan fingerprint density at radius 3 is 2.06 bits per heavy atom. The zero-order valence-corrected chi connectivity index (χ0v) is 19.3. The molecule has 9 heteroatoms. The van der Waals surface area contributed by atoms with Crippen molar-refractivity contribution in [1.29, 1.82) is 0 Å². The van der Waals surface area contributed by atoms with Crippen LogP contribution in [0.5, 0.6) is 0 Å². The molecule has 3 aromatic rings. The summed E-state index contributed by atoms with van der Waals surface area (Å²) in [6, 6.07) is 22.3. The van der Waals surface area contributed by atoms with Gasteiger partial charge in [-0.05, 0) is 47.9 Å². The number of hydrogen-bond acceptors (Lipinski definition) is 6. The van der Waals surface area contributed by atoms with Crippen LogP contribution >= 0.6 is 0 Å². The van der Waals surface area contributed by atoms with Crippen molar-refractivity contribution in [2.24, 2.45) is 5.73 Å². The van der Waals surface area contributed by atoms with Crippen molar-refractivity contribution >= 4 is 23.4 Å². The average Bonchev–Trinajstić information content (AvgIpc) is 2.87. The van der Waals surface area contributed by atoms with Gasteiger partial charge in [0.15, 0.2) is 0 Å². The van der Waals surface area contributed by atoms with Crippen LogP contribution in [0.4, 0.5) is 5.69 Å². The van der Waals surface area contributed by atoms with Crippen molar-refractivity contribution in [2.45, 2.75) is 25.6 Å². The molecule has 0 fully saturated rings. The molecular formula is C26H29N5O4. The van der Waals surface area contributed by atoms with Crippen LogP contribution in [0.15, 0.2) is 78.9 Å². The first kappa shape index (κ1) is 25.6. The molecule has 0 aliphatic rings. The zero-order chi connectivity index (χ0) is 25.2. The molecule has 0 bridgehead atoms. The summed E-state index contributed by atoms with van der Waals surface area (Å²) in [6.45, 7) is 2.36. The summed E-state index contributed by atoms with van der Waals surface area (Å²) in [7, 11) is 0. The van der Waals surface area contributed by atoms with Gasteiger partial charge in [0.2, 0.25) is 5.91 Å². The van der Waals surface area contributed by atoms with Crippen LogP contribution in [-0.4, -0.2) is 41.6 Å². The molecule has 0 radical (unpaired) electrons. The normalized spacial score (nSPS) is 12.3. The molecule has 3 amide bonds. The summed E-state index contributed by atoms with van der Waals surface area (Å²) in [5.74, 6) is -1.41. The van der Waals surface area contributed by atoms with E-state index in [1.807, 2.05) is 54.6 Å². The maximum absolute atomic E-state index is 12.5. The molecule has 0 aromatic heterocycles. The van der Waals surface area contributed by atoms with Gasteiger partial charge in [-0.2, -0.15) is 0 Å². The molecule has 0 aliphatic carbocycles. The Balaban J connectivity index is 1.53. The molecule has 0 saturated heterocycles. The molecule has 0 aliphatic heterocycles. The van der Waals surface area contributed by atoms with Gasteiger partial charge in [0, 0.05) is 23.8 Å². The van der Waals surface area contributed by atoms with Gasteiger partial charge in [-0.15, -0.1) is 0 Å². The summed E-state index contributed by atoms with van der Waals surface area (Å²) in [4.78, 5) is 36.3. The molecule has 3 rings (SSSR count). The monoisotopic (exact) mass is 475 g/mol. The molecule has 0 unspecified atom stereocenters. The van der Waals surface area contributed by atoms with E-state index in [9.17, 15) is 14.4 Å². The van der Waals surface area contributed by atoms with Crippen molar-refractivity contribution in [1.82, 2.24) is 16.1 Å². The fourth-order valence-electron chi connectivity index (χ4n) is 3.41. The Kier molecular flexibility index (Phi) is 9.08. The number of rotatable bonds is 10. The summed E-state index contributed by atoms with van der Waals surface area (Å²) >= 11 is 0. The van der Waals surface area contributed by atoms with Crippen LogP contribution in [0.25, 0.3) is 11.1 Å². The first-order chi connectivity index (χ1) is 16.9. The topological polar surface area (TPSA) is 146 Å². The van der Waals surface area contributed by atoms with Crippen molar-refractivity contribution in [3.05, 3.63) is 90.0 Å². The SMILES string of the molecule is C[C@@H](N)[C@H](NC(=O)c1ccc(-c2ccc(NC(=O)CNCc3ccccc3)cc2)cc1)C(=O)NO. The van der Waals surface area contributed by atoms with Crippen molar-refractivity contribution in [2.75, 3.05) is 11.9 Å². The molecule has 3 aromatic carbocycles. The smallest absolute Gasteiger partial charge is 0.267 e. The lowest BCUT2D eigenvalue weighted by Gasteiger charge is -2.20. The fourth-order valence-corrected chi connectivity index (χ4v) is 3.41. The van der Waals surface area contributed by atoms with E-state index in [-0.39, 0.29) is 12.5 Å². The van der Waals surface area contributed by atoms with Gasteiger partial charge in [0.05, 0.1) is 6.54 Å². The first-order valence-electron chi connectivity index (χ1n) is 11.1. The van der Waals surface area contributed by atoms with E-state index in [1.54, 1.807) is 31.2 Å². The van der Waals surface area contributed by atoms with E-state index in [0.717, 1.165) is 16.7 Å². The van der Waals surface area contributed by atoms with Crippen LogP contribution in [-0.2, 0) is 16.1 Å². The van der Waals surface area contributed by atoms with Crippen LogP contribution in [0, 0.1) is 0 Å². The minimum Gasteiger partial charge on any atom is -0.339 e. The first-order valence-corrected chi connectivity index (χ1v) is 11.1. The molecule has 2 atom stereocenters. The van der Waals surface area contributed by atoms with Crippen LogP contribution in [0.2, 0.25) is 0 Å². The maximum Gasteiger partial charge on any atom is 0.267 e.